The van der Waals surface area contributed by atoms with E-state index in [0.717, 1.165) is 68.5 Å². The summed E-state index contributed by atoms with van der Waals surface area (Å²) < 4.78 is 5.58. The molecule has 6 nitrogen and oxygen atoms in total. The zero-order chi connectivity index (χ0) is 20.8. The second kappa shape index (κ2) is 9.65. The first-order chi connectivity index (χ1) is 14.7. The maximum absolute atomic E-state index is 11.9. The number of nitrogens with zero attached hydrogens (tertiary/aromatic N) is 2. The van der Waals surface area contributed by atoms with Gasteiger partial charge in [0, 0.05) is 38.2 Å². The molecule has 2 aromatic rings. The summed E-state index contributed by atoms with van der Waals surface area (Å²) in [6, 6.07) is 14.6. The molecule has 0 spiro atoms. The van der Waals surface area contributed by atoms with E-state index in [4.69, 9.17) is 9.73 Å². The van der Waals surface area contributed by atoms with Gasteiger partial charge in [0.15, 0.2) is 5.96 Å². The maximum Gasteiger partial charge on any atom is 0.227 e. The number of hydrogen-bond acceptors (Lipinski definition) is 3. The van der Waals surface area contributed by atoms with Gasteiger partial charge in [-0.25, -0.2) is 4.99 Å². The molecule has 2 aliphatic heterocycles. The van der Waals surface area contributed by atoms with Gasteiger partial charge in [0.2, 0.25) is 5.91 Å². The lowest BCUT2D eigenvalue weighted by Crippen LogP contribution is -2.38. The Morgan fingerprint density at radius 2 is 1.93 bits per heavy atom. The van der Waals surface area contributed by atoms with E-state index in [1.165, 1.54) is 11.1 Å². The third kappa shape index (κ3) is 4.93. The van der Waals surface area contributed by atoms with Crippen LogP contribution in [0.15, 0.2) is 47.5 Å². The van der Waals surface area contributed by atoms with Gasteiger partial charge in [-0.15, -0.1) is 0 Å². The Bertz CT molecular complexity index is 908. The highest BCUT2D eigenvalue weighted by atomic mass is 16.5. The van der Waals surface area contributed by atoms with Crippen LogP contribution < -0.4 is 20.3 Å². The van der Waals surface area contributed by atoms with E-state index in [2.05, 4.69) is 47.9 Å². The minimum atomic E-state index is 0.218. The van der Waals surface area contributed by atoms with Gasteiger partial charge in [-0.05, 0) is 54.7 Å². The number of rotatable bonds is 7. The van der Waals surface area contributed by atoms with Crippen molar-refractivity contribution in [2.75, 3.05) is 31.1 Å². The van der Waals surface area contributed by atoms with Crippen molar-refractivity contribution >= 4 is 17.6 Å². The summed E-state index contributed by atoms with van der Waals surface area (Å²) in [6.07, 6.45) is 3.55. The highest BCUT2D eigenvalue weighted by molar-refractivity contribution is 5.95. The first-order valence-electron chi connectivity index (χ1n) is 10.9. The number of hydrogen-bond donors (Lipinski definition) is 2. The number of amides is 1. The lowest BCUT2D eigenvalue weighted by molar-refractivity contribution is -0.117. The van der Waals surface area contributed by atoms with Crippen molar-refractivity contribution in [2.24, 2.45) is 4.99 Å². The highest BCUT2D eigenvalue weighted by Gasteiger charge is 2.21. The summed E-state index contributed by atoms with van der Waals surface area (Å²) in [5, 5.41) is 6.73. The summed E-state index contributed by atoms with van der Waals surface area (Å²) in [6.45, 7) is 5.92. The predicted octanol–water partition coefficient (Wildman–Crippen LogP) is 3.05. The van der Waals surface area contributed by atoms with Gasteiger partial charge in [0.05, 0.1) is 13.2 Å². The molecule has 158 valence electrons. The van der Waals surface area contributed by atoms with Crippen molar-refractivity contribution in [3.8, 4) is 5.75 Å². The molecule has 2 heterocycles. The molecule has 2 aliphatic rings. The second-order valence-corrected chi connectivity index (χ2v) is 7.73. The molecule has 6 heteroatoms. The van der Waals surface area contributed by atoms with Crippen LogP contribution in [0.1, 0.15) is 36.5 Å². The number of anilines is 1. The summed E-state index contributed by atoms with van der Waals surface area (Å²) in [5.41, 5.74) is 4.73. The number of aliphatic imine (C=N–C) groups is 1. The fraction of sp³-hybridized carbons (Fsp3) is 0.417. The first-order valence-corrected chi connectivity index (χ1v) is 10.9. The van der Waals surface area contributed by atoms with E-state index in [-0.39, 0.29) is 5.91 Å². The standard InChI is InChI=1S/C24H30N4O2/c1-2-25-24(26-13-11-18-7-10-22-20(16-18)12-15-30-22)27-17-19-5-8-21(9-6-19)28-14-3-4-23(28)29/h5-10,16H,2-4,11-15,17H2,1H3,(H2,25,26,27). The Morgan fingerprint density at radius 3 is 2.70 bits per heavy atom. The van der Waals surface area contributed by atoms with Gasteiger partial charge in [-0.3, -0.25) is 4.79 Å². The summed E-state index contributed by atoms with van der Waals surface area (Å²) in [4.78, 5) is 18.5. The number of fused-ring (bicyclic) bond motifs is 1. The van der Waals surface area contributed by atoms with Crippen molar-refractivity contribution in [1.82, 2.24) is 10.6 Å². The monoisotopic (exact) mass is 406 g/mol. The molecule has 0 saturated carbocycles. The lowest BCUT2D eigenvalue weighted by Gasteiger charge is -2.16. The fourth-order valence-electron chi connectivity index (χ4n) is 3.94. The largest absolute Gasteiger partial charge is 0.493 e. The molecule has 1 saturated heterocycles. The molecular weight excluding hydrogens is 376 g/mol. The molecule has 0 aliphatic carbocycles. The number of ether oxygens (including phenoxy) is 1. The van der Waals surface area contributed by atoms with Gasteiger partial charge in [0.1, 0.15) is 5.75 Å². The molecule has 30 heavy (non-hydrogen) atoms. The molecule has 0 bridgehead atoms. The van der Waals surface area contributed by atoms with E-state index in [9.17, 15) is 4.79 Å². The van der Waals surface area contributed by atoms with Crippen LogP contribution >= 0.6 is 0 Å². The van der Waals surface area contributed by atoms with Gasteiger partial charge < -0.3 is 20.3 Å². The molecule has 0 unspecified atom stereocenters. The van der Waals surface area contributed by atoms with E-state index < -0.39 is 0 Å². The minimum Gasteiger partial charge on any atom is -0.493 e. The van der Waals surface area contributed by atoms with Gasteiger partial charge in [-0.1, -0.05) is 24.3 Å². The molecule has 0 aromatic heterocycles. The zero-order valence-corrected chi connectivity index (χ0v) is 17.6. The predicted molar refractivity (Wildman–Crippen MR) is 120 cm³/mol. The van der Waals surface area contributed by atoms with Crippen molar-refractivity contribution in [2.45, 2.75) is 39.2 Å². The molecule has 2 aromatic carbocycles. The van der Waals surface area contributed by atoms with Crippen LogP contribution in [0.5, 0.6) is 5.75 Å². The topological polar surface area (TPSA) is 66.0 Å². The average molecular weight is 407 g/mol. The van der Waals surface area contributed by atoms with E-state index in [1.54, 1.807) is 0 Å². The maximum atomic E-state index is 11.9. The highest BCUT2D eigenvalue weighted by Crippen LogP contribution is 2.26. The SMILES string of the molecule is CCNC(=NCc1ccc(N2CCCC2=O)cc1)NCCc1ccc2c(c1)CCO2. The molecule has 0 radical (unpaired) electrons. The average Bonchev–Trinajstić information content (AvgIpc) is 3.41. The van der Waals surface area contributed by atoms with Crippen LogP contribution in [0.2, 0.25) is 0 Å². The van der Waals surface area contributed by atoms with Gasteiger partial charge in [0.25, 0.3) is 0 Å². The van der Waals surface area contributed by atoms with Crippen LogP contribution in [0.3, 0.4) is 0 Å². The lowest BCUT2D eigenvalue weighted by atomic mass is 10.1. The summed E-state index contributed by atoms with van der Waals surface area (Å²) >= 11 is 0. The zero-order valence-electron chi connectivity index (χ0n) is 17.6. The van der Waals surface area contributed by atoms with Crippen molar-refractivity contribution in [3.63, 3.8) is 0 Å². The number of carbonyl (C=O) groups is 1. The van der Waals surface area contributed by atoms with Gasteiger partial charge >= 0.3 is 0 Å². The molecule has 0 atom stereocenters. The number of nitrogens with one attached hydrogen (secondary N) is 2. The summed E-state index contributed by atoms with van der Waals surface area (Å²) in [7, 11) is 0. The van der Waals surface area contributed by atoms with E-state index >= 15 is 0 Å². The minimum absolute atomic E-state index is 0.218. The Morgan fingerprint density at radius 1 is 1.10 bits per heavy atom. The number of guanidine groups is 1. The Labute approximate surface area is 178 Å². The van der Waals surface area contributed by atoms with Crippen molar-refractivity contribution < 1.29 is 9.53 Å². The molecule has 2 N–H and O–H groups in total. The van der Waals surface area contributed by atoms with Crippen LogP contribution in [0, 0.1) is 0 Å². The van der Waals surface area contributed by atoms with Crippen LogP contribution in [-0.4, -0.2) is 38.1 Å². The first kappa shape index (κ1) is 20.3. The summed E-state index contributed by atoms with van der Waals surface area (Å²) in [5.74, 6) is 2.07. The third-order valence-corrected chi connectivity index (χ3v) is 5.55. The molecule has 4 rings (SSSR count). The fourth-order valence-corrected chi connectivity index (χ4v) is 3.94. The number of carbonyl (C=O) groups excluding carboxylic acids is 1. The Kier molecular flexibility index (Phi) is 6.52. The van der Waals surface area contributed by atoms with E-state index in [1.807, 2.05) is 17.0 Å². The molecular formula is C24H30N4O2. The van der Waals surface area contributed by atoms with Crippen molar-refractivity contribution in [1.29, 1.82) is 0 Å². The number of benzene rings is 2. The van der Waals surface area contributed by atoms with Crippen LogP contribution in [0.4, 0.5) is 5.69 Å². The van der Waals surface area contributed by atoms with Gasteiger partial charge in [-0.2, -0.15) is 0 Å². The van der Waals surface area contributed by atoms with Crippen LogP contribution in [0.25, 0.3) is 0 Å². The van der Waals surface area contributed by atoms with Crippen LogP contribution in [-0.2, 0) is 24.2 Å². The third-order valence-electron chi connectivity index (χ3n) is 5.55. The Balaban J connectivity index is 1.30. The quantitative estimate of drug-likeness (QED) is 0.548. The van der Waals surface area contributed by atoms with Crippen molar-refractivity contribution in [3.05, 3.63) is 59.2 Å². The molecule has 1 amide bonds. The normalized spacial score (nSPS) is 15.8. The molecule has 1 fully saturated rings. The second-order valence-electron chi connectivity index (χ2n) is 7.73. The Hall–Kier alpha value is -3.02. The smallest absolute Gasteiger partial charge is 0.227 e. The van der Waals surface area contributed by atoms with E-state index in [0.29, 0.717) is 13.0 Å².